The number of aliphatic carboxylic acids is 1. The van der Waals surface area contributed by atoms with Gasteiger partial charge in [0.05, 0.1) is 12.0 Å². The van der Waals surface area contributed by atoms with E-state index in [0.29, 0.717) is 13.1 Å². The van der Waals surface area contributed by atoms with Crippen molar-refractivity contribution < 1.29 is 14.7 Å². The third-order valence-corrected chi connectivity index (χ3v) is 4.52. The van der Waals surface area contributed by atoms with E-state index >= 15 is 0 Å². The van der Waals surface area contributed by atoms with Crippen molar-refractivity contribution in [3.8, 4) is 0 Å². The molecule has 6 heteroatoms. The van der Waals surface area contributed by atoms with Gasteiger partial charge in [-0.2, -0.15) is 11.8 Å². The molecule has 2 aliphatic rings. The number of amides is 1. The lowest BCUT2D eigenvalue weighted by Gasteiger charge is -2.27. The van der Waals surface area contributed by atoms with Gasteiger partial charge in [-0.25, -0.2) is 0 Å². The van der Waals surface area contributed by atoms with E-state index < -0.39 is 11.9 Å². The normalized spacial score (nSPS) is 33.7. The second-order valence-electron chi connectivity index (χ2n) is 4.75. The molecule has 0 spiro atoms. The zero-order chi connectivity index (χ0) is 12.4. The number of hydrogen-bond donors (Lipinski definition) is 2. The van der Waals surface area contributed by atoms with Crippen LogP contribution in [0.15, 0.2) is 0 Å². The Morgan fingerprint density at radius 2 is 2.18 bits per heavy atom. The van der Waals surface area contributed by atoms with Crippen molar-refractivity contribution in [2.24, 2.45) is 11.8 Å². The molecular weight excluding hydrogens is 240 g/mol. The van der Waals surface area contributed by atoms with Crippen molar-refractivity contribution in [2.45, 2.75) is 13.0 Å². The maximum atomic E-state index is 12.2. The van der Waals surface area contributed by atoms with E-state index in [1.165, 1.54) is 0 Å². The summed E-state index contributed by atoms with van der Waals surface area (Å²) < 4.78 is 0. The van der Waals surface area contributed by atoms with Gasteiger partial charge in [0.2, 0.25) is 5.91 Å². The minimum absolute atomic E-state index is 0.0488. The van der Waals surface area contributed by atoms with Gasteiger partial charge in [0, 0.05) is 31.1 Å². The molecular formula is C11H18N2O3S. The zero-order valence-corrected chi connectivity index (χ0v) is 10.7. The second kappa shape index (κ2) is 5.27. The molecule has 0 aromatic carbocycles. The molecule has 2 saturated heterocycles. The van der Waals surface area contributed by atoms with Crippen LogP contribution in [0, 0.1) is 11.8 Å². The van der Waals surface area contributed by atoms with Gasteiger partial charge in [-0.15, -0.1) is 0 Å². The highest BCUT2D eigenvalue weighted by molar-refractivity contribution is 7.99. The van der Waals surface area contributed by atoms with Crippen LogP contribution in [0.5, 0.6) is 0 Å². The van der Waals surface area contributed by atoms with Crippen LogP contribution in [0.2, 0.25) is 0 Å². The van der Waals surface area contributed by atoms with Gasteiger partial charge in [0.25, 0.3) is 0 Å². The smallest absolute Gasteiger partial charge is 0.308 e. The van der Waals surface area contributed by atoms with Crippen molar-refractivity contribution in [1.82, 2.24) is 10.2 Å². The lowest BCUT2D eigenvalue weighted by Crippen LogP contribution is -2.50. The van der Waals surface area contributed by atoms with E-state index in [1.807, 2.05) is 6.92 Å². The quantitative estimate of drug-likeness (QED) is 0.722. The van der Waals surface area contributed by atoms with Crippen LogP contribution in [0.1, 0.15) is 6.92 Å². The van der Waals surface area contributed by atoms with Crippen LogP contribution in [0.25, 0.3) is 0 Å². The first-order valence-corrected chi connectivity index (χ1v) is 7.07. The van der Waals surface area contributed by atoms with Gasteiger partial charge >= 0.3 is 5.97 Å². The van der Waals surface area contributed by atoms with Crippen LogP contribution < -0.4 is 5.32 Å². The Bertz CT molecular complexity index is 318. The minimum atomic E-state index is -0.793. The average molecular weight is 258 g/mol. The minimum Gasteiger partial charge on any atom is -0.481 e. The summed E-state index contributed by atoms with van der Waals surface area (Å²) in [4.78, 5) is 24.9. The maximum absolute atomic E-state index is 12.2. The average Bonchev–Trinajstić information content (AvgIpc) is 2.71. The SMILES string of the molecule is C[C@@H]1CN(C(=O)C2CSCCN2)C[C@H]1C(=O)O. The van der Waals surface area contributed by atoms with E-state index in [-0.39, 0.29) is 17.9 Å². The van der Waals surface area contributed by atoms with Gasteiger partial charge in [-0.1, -0.05) is 6.92 Å². The molecule has 0 aliphatic carbocycles. The van der Waals surface area contributed by atoms with Gasteiger partial charge in [-0.05, 0) is 5.92 Å². The number of nitrogens with one attached hydrogen (secondary N) is 1. The topological polar surface area (TPSA) is 69.6 Å². The second-order valence-corrected chi connectivity index (χ2v) is 5.90. The Hall–Kier alpha value is -0.750. The summed E-state index contributed by atoms with van der Waals surface area (Å²) in [5, 5.41) is 12.2. The highest BCUT2D eigenvalue weighted by Gasteiger charge is 2.39. The molecule has 0 radical (unpaired) electrons. The predicted molar refractivity (Wildman–Crippen MR) is 66.0 cm³/mol. The third kappa shape index (κ3) is 2.74. The number of carboxylic acids is 1. The van der Waals surface area contributed by atoms with E-state index in [4.69, 9.17) is 5.11 Å². The lowest BCUT2D eigenvalue weighted by atomic mass is 9.99. The Morgan fingerprint density at radius 1 is 1.41 bits per heavy atom. The fourth-order valence-corrected chi connectivity index (χ4v) is 3.34. The van der Waals surface area contributed by atoms with Gasteiger partial charge in [0.1, 0.15) is 0 Å². The van der Waals surface area contributed by atoms with Crippen LogP contribution in [-0.4, -0.2) is 59.1 Å². The van der Waals surface area contributed by atoms with Crippen LogP contribution >= 0.6 is 11.8 Å². The molecule has 0 aromatic rings. The summed E-state index contributed by atoms with van der Waals surface area (Å²) in [6.45, 7) is 3.68. The Balaban J connectivity index is 1.94. The highest BCUT2D eigenvalue weighted by Crippen LogP contribution is 2.24. The first-order chi connectivity index (χ1) is 8.09. The predicted octanol–water partition coefficient (Wildman–Crippen LogP) is -0.129. The number of rotatable bonds is 2. The molecule has 1 unspecified atom stereocenters. The van der Waals surface area contributed by atoms with Crippen LogP contribution in [0.4, 0.5) is 0 Å². The summed E-state index contributed by atoms with van der Waals surface area (Å²) in [7, 11) is 0. The van der Waals surface area contributed by atoms with E-state index in [1.54, 1.807) is 16.7 Å². The number of hydrogen-bond acceptors (Lipinski definition) is 4. The fourth-order valence-electron chi connectivity index (χ4n) is 2.41. The van der Waals surface area contributed by atoms with Crippen molar-refractivity contribution in [3.63, 3.8) is 0 Å². The molecule has 0 aromatic heterocycles. The monoisotopic (exact) mass is 258 g/mol. The van der Waals surface area contributed by atoms with Gasteiger partial charge in [-0.3, -0.25) is 9.59 Å². The first-order valence-electron chi connectivity index (χ1n) is 5.92. The number of nitrogens with zero attached hydrogens (tertiary/aromatic N) is 1. The lowest BCUT2D eigenvalue weighted by molar-refractivity contribution is -0.142. The molecule has 2 aliphatic heterocycles. The van der Waals surface area contributed by atoms with Crippen molar-refractivity contribution in [1.29, 1.82) is 0 Å². The molecule has 3 atom stereocenters. The number of carbonyl (C=O) groups is 2. The molecule has 1 amide bonds. The fraction of sp³-hybridized carbons (Fsp3) is 0.818. The molecule has 2 N–H and O–H groups in total. The number of likely N-dealkylation sites (tertiary alicyclic amines) is 1. The molecule has 17 heavy (non-hydrogen) atoms. The zero-order valence-electron chi connectivity index (χ0n) is 9.89. The molecule has 2 rings (SSSR count). The molecule has 5 nitrogen and oxygen atoms in total. The first kappa shape index (κ1) is 12.7. The van der Waals surface area contributed by atoms with Crippen molar-refractivity contribution >= 4 is 23.6 Å². The summed E-state index contributed by atoms with van der Waals surface area (Å²) in [5.41, 5.74) is 0. The summed E-state index contributed by atoms with van der Waals surface area (Å²) in [6.07, 6.45) is 0. The number of thioether (sulfide) groups is 1. The number of carboxylic acid groups (broad SMARTS) is 1. The summed E-state index contributed by atoms with van der Waals surface area (Å²) in [6, 6.07) is -0.131. The standard InChI is InChI=1S/C11H18N2O3S/c1-7-4-13(5-8(7)11(15)16)10(14)9-6-17-3-2-12-9/h7-9,12H,2-6H2,1H3,(H,15,16)/t7-,8-,9?/m1/s1. The summed E-state index contributed by atoms with van der Waals surface area (Å²) >= 11 is 1.77. The van der Waals surface area contributed by atoms with E-state index in [0.717, 1.165) is 18.1 Å². The Morgan fingerprint density at radius 3 is 2.71 bits per heavy atom. The molecule has 0 saturated carbocycles. The molecule has 0 bridgehead atoms. The highest BCUT2D eigenvalue weighted by atomic mass is 32.2. The van der Waals surface area contributed by atoms with Gasteiger partial charge < -0.3 is 15.3 Å². The molecule has 96 valence electrons. The Labute approximate surface area is 105 Å². The Kier molecular flexibility index (Phi) is 3.93. The largest absolute Gasteiger partial charge is 0.481 e. The molecule has 2 heterocycles. The maximum Gasteiger partial charge on any atom is 0.308 e. The van der Waals surface area contributed by atoms with E-state index in [2.05, 4.69) is 5.32 Å². The summed E-state index contributed by atoms with van der Waals surface area (Å²) in [5.74, 6) is 0.744. The third-order valence-electron chi connectivity index (χ3n) is 3.46. The van der Waals surface area contributed by atoms with Gasteiger partial charge in [0.15, 0.2) is 0 Å². The van der Waals surface area contributed by atoms with Crippen molar-refractivity contribution in [3.05, 3.63) is 0 Å². The van der Waals surface area contributed by atoms with Crippen LogP contribution in [0.3, 0.4) is 0 Å². The molecule has 2 fully saturated rings. The van der Waals surface area contributed by atoms with E-state index in [9.17, 15) is 9.59 Å². The van der Waals surface area contributed by atoms with Crippen molar-refractivity contribution in [2.75, 3.05) is 31.1 Å². The number of carbonyl (C=O) groups excluding carboxylic acids is 1. The van der Waals surface area contributed by atoms with Crippen LogP contribution in [-0.2, 0) is 9.59 Å².